The first kappa shape index (κ1) is 23.3. The second-order valence-electron chi connectivity index (χ2n) is 9.61. The molecule has 1 aliphatic heterocycles. The maximum Gasteiger partial charge on any atom is 0.258 e. The van der Waals surface area contributed by atoms with E-state index in [2.05, 4.69) is 51.5 Å². The zero-order valence-electron chi connectivity index (χ0n) is 19.8. The van der Waals surface area contributed by atoms with Gasteiger partial charge in [0.05, 0.1) is 23.0 Å². The topological polar surface area (TPSA) is 99.7 Å². The van der Waals surface area contributed by atoms with Gasteiger partial charge in [0.25, 0.3) is 5.91 Å². The molecular weight excluding hydrogens is 464 g/mol. The van der Waals surface area contributed by atoms with Crippen LogP contribution in [0.2, 0.25) is 0 Å². The van der Waals surface area contributed by atoms with Crippen LogP contribution in [0.1, 0.15) is 49.3 Å². The Hall–Kier alpha value is -3.45. The van der Waals surface area contributed by atoms with E-state index in [1.807, 2.05) is 13.8 Å². The van der Waals surface area contributed by atoms with Gasteiger partial charge in [0.15, 0.2) is 5.82 Å². The average molecular weight is 492 g/mol. The molecule has 10 heteroatoms. The van der Waals surface area contributed by atoms with Crippen LogP contribution in [0, 0.1) is 5.82 Å². The van der Waals surface area contributed by atoms with Gasteiger partial charge in [0.1, 0.15) is 11.6 Å². The molecule has 1 saturated heterocycles. The lowest BCUT2D eigenvalue weighted by Crippen LogP contribution is -2.27. The van der Waals surface area contributed by atoms with Crippen LogP contribution in [0.25, 0.3) is 22.0 Å². The quantitative estimate of drug-likeness (QED) is 0.390. The molecule has 35 heavy (non-hydrogen) atoms. The Bertz CT molecular complexity index is 1400. The molecule has 2 N–H and O–H groups in total. The number of pyridine rings is 1. The Morgan fingerprint density at radius 1 is 1.20 bits per heavy atom. The standard InChI is InChI=1S/C25H27FN7OP/c1-14(2)22-28-10-16(11-29-22)24(34)31-21-17(18-8-15-12-30-32-20(15)9-19(18)26)4-6-27-23(21)33-7-5-25(3,35)13-33/h4,6,8-12,14H,5,7,13,35H2,1-3H3,(H,30,32)(H,31,34). The molecule has 8 nitrogen and oxygen atoms in total. The molecule has 4 heterocycles. The van der Waals surface area contributed by atoms with Crippen molar-refractivity contribution in [1.29, 1.82) is 0 Å². The SMILES string of the molecule is CC(C)c1ncc(C(=O)Nc2c(-c3cc4cn[nH]c4cc3F)ccnc2N2CCC(C)(P)C2)cn1. The number of amides is 1. The lowest BCUT2D eigenvalue weighted by Gasteiger charge is -2.24. The monoisotopic (exact) mass is 491 g/mol. The molecule has 1 fully saturated rings. The van der Waals surface area contributed by atoms with Crippen LogP contribution in [0.4, 0.5) is 15.9 Å². The van der Waals surface area contributed by atoms with Gasteiger partial charge in [-0.3, -0.25) is 9.89 Å². The second kappa shape index (κ2) is 8.96. The number of H-pyrrole nitrogens is 1. The number of fused-ring (bicyclic) bond motifs is 1. The first-order valence-corrected chi connectivity index (χ1v) is 12.1. The number of carbonyl (C=O) groups excluding carboxylic acids is 1. The summed E-state index contributed by atoms with van der Waals surface area (Å²) in [6, 6.07) is 4.86. The molecule has 0 bridgehead atoms. The molecule has 0 saturated carbocycles. The summed E-state index contributed by atoms with van der Waals surface area (Å²) in [5.41, 5.74) is 2.28. The van der Waals surface area contributed by atoms with E-state index in [-0.39, 0.29) is 17.0 Å². The number of rotatable bonds is 5. The van der Waals surface area contributed by atoms with Crippen LogP contribution in [-0.4, -0.2) is 49.3 Å². The Morgan fingerprint density at radius 3 is 2.66 bits per heavy atom. The highest BCUT2D eigenvalue weighted by Gasteiger charge is 2.32. The van der Waals surface area contributed by atoms with E-state index in [9.17, 15) is 4.79 Å². The number of nitrogens with zero attached hydrogens (tertiary/aromatic N) is 5. The van der Waals surface area contributed by atoms with Crippen molar-refractivity contribution in [1.82, 2.24) is 25.1 Å². The second-order valence-corrected chi connectivity index (χ2v) is 11.0. The summed E-state index contributed by atoms with van der Waals surface area (Å²) in [7, 11) is 2.90. The normalized spacial score (nSPS) is 17.9. The molecule has 1 aliphatic rings. The summed E-state index contributed by atoms with van der Waals surface area (Å²) in [6.45, 7) is 7.66. The number of anilines is 2. The van der Waals surface area contributed by atoms with E-state index < -0.39 is 5.82 Å². The van der Waals surface area contributed by atoms with Crippen LogP contribution in [0.15, 0.2) is 43.0 Å². The predicted octanol–water partition coefficient (Wildman–Crippen LogP) is 4.77. The Balaban J connectivity index is 1.60. The predicted molar refractivity (Wildman–Crippen MR) is 138 cm³/mol. The fourth-order valence-corrected chi connectivity index (χ4v) is 4.66. The largest absolute Gasteiger partial charge is 0.354 e. The highest BCUT2D eigenvalue weighted by Crippen LogP contribution is 2.41. The van der Waals surface area contributed by atoms with Gasteiger partial charge < -0.3 is 10.2 Å². The zero-order chi connectivity index (χ0) is 24.7. The summed E-state index contributed by atoms with van der Waals surface area (Å²) in [4.78, 5) is 28.6. The number of halogens is 1. The van der Waals surface area contributed by atoms with Crippen molar-refractivity contribution in [3.05, 3.63) is 60.2 Å². The fourth-order valence-electron chi connectivity index (χ4n) is 4.31. The number of nitrogens with one attached hydrogen (secondary N) is 2. The molecule has 180 valence electrons. The van der Waals surface area contributed by atoms with Crippen LogP contribution < -0.4 is 10.2 Å². The lowest BCUT2D eigenvalue weighted by molar-refractivity contribution is 0.102. The van der Waals surface area contributed by atoms with Gasteiger partial charge >= 0.3 is 0 Å². The molecule has 0 aliphatic carbocycles. The number of hydrogen-bond acceptors (Lipinski definition) is 6. The number of aromatic amines is 1. The van der Waals surface area contributed by atoms with Gasteiger partial charge in [-0.15, -0.1) is 9.24 Å². The molecule has 4 aromatic rings. The summed E-state index contributed by atoms with van der Waals surface area (Å²) >= 11 is 0. The van der Waals surface area contributed by atoms with Gasteiger partial charge in [0, 0.05) is 65.3 Å². The van der Waals surface area contributed by atoms with Crippen molar-refractivity contribution in [2.75, 3.05) is 23.3 Å². The first-order valence-electron chi connectivity index (χ1n) is 11.5. The van der Waals surface area contributed by atoms with Crippen molar-refractivity contribution < 1.29 is 9.18 Å². The van der Waals surface area contributed by atoms with E-state index in [1.165, 1.54) is 18.5 Å². The van der Waals surface area contributed by atoms with Gasteiger partial charge in [-0.05, 0) is 18.6 Å². The van der Waals surface area contributed by atoms with Crippen molar-refractivity contribution in [3.8, 4) is 11.1 Å². The number of aromatic nitrogens is 5. The molecule has 2 atom stereocenters. The number of benzene rings is 1. The molecule has 5 rings (SSSR count). The van der Waals surface area contributed by atoms with Crippen molar-refractivity contribution >= 4 is 37.6 Å². The van der Waals surface area contributed by atoms with E-state index in [4.69, 9.17) is 0 Å². The third kappa shape index (κ3) is 4.60. The van der Waals surface area contributed by atoms with Gasteiger partial charge in [-0.1, -0.05) is 20.8 Å². The van der Waals surface area contributed by atoms with E-state index in [0.717, 1.165) is 24.9 Å². The minimum absolute atomic E-state index is 0.0282. The molecule has 0 radical (unpaired) electrons. The van der Waals surface area contributed by atoms with E-state index >= 15 is 4.39 Å². The van der Waals surface area contributed by atoms with Crippen molar-refractivity contribution in [2.45, 2.75) is 38.3 Å². The van der Waals surface area contributed by atoms with Crippen LogP contribution in [-0.2, 0) is 0 Å². The summed E-state index contributed by atoms with van der Waals surface area (Å²) in [6.07, 6.45) is 7.28. The molecule has 2 unspecified atom stereocenters. The molecular formula is C25H27FN7OP. The highest BCUT2D eigenvalue weighted by molar-refractivity contribution is 7.19. The number of carbonyl (C=O) groups is 1. The van der Waals surface area contributed by atoms with Gasteiger partial charge in [-0.25, -0.2) is 19.3 Å². The number of hydrogen-bond donors (Lipinski definition) is 2. The first-order chi connectivity index (χ1) is 16.7. The summed E-state index contributed by atoms with van der Waals surface area (Å²) < 4.78 is 15.3. The van der Waals surface area contributed by atoms with Gasteiger partial charge in [0.2, 0.25) is 0 Å². The third-order valence-corrected chi connectivity index (χ3v) is 6.71. The maximum absolute atomic E-state index is 15.3. The Kier molecular flexibility index (Phi) is 5.97. The van der Waals surface area contributed by atoms with E-state index in [1.54, 1.807) is 24.5 Å². The molecule has 1 aromatic carbocycles. The Morgan fingerprint density at radius 2 is 1.97 bits per heavy atom. The van der Waals surface area contributed by atoms with Crippen LogP contribution in [0.3, 0.4) is 0 Å². The third-order valence-electron chi connectivity index (χ3n) is 6.24. The smallest absolute Gasteiger partial charge is 0.258 e. The molecule has 3 aromatic heterocycles. The maximum atomic E-state index is 15.3. The minimum Gasteiger partial charge on any atom is -0.354 e. The Labute approximate surface area is 205 Å². The molecule has 0 spiro atoms. The fraction of sp³-hybridized carbons (Fsp3) is 0.320. The minimum atomic E-state index is -0.420. The van der Waals surface area contributed by atoms with Crippen molar-refractivity contribution in [2.24, 2.45) is 0 Å². The van der Waals surface area contributed by atoms with Crippen LogP contribution >= 0.6 is 9.24 Å². The van der Waals surface area contributed by atoms with Crippen molar-refractivity contribution in [3.63, 3.8) is 0 Å². The lowest BCUT2D eigenvalue weighted by atomic mass is 10.0. The molecule has 1 amide bonds. The average Bonchev–Trinajstić information content (AvgIpc) is 3.43. The summed E-state index contributed by atoms with van der Waals surface area (Å²) in [5, 5.41) is 10.6. The zero-order valence-corrected chi connectivity index (χ0v) is 21.0. The van der Waals surface area contributed by atoms with Crippen LogP contribution in [0.5, 0.6) is 0 Å². The highest BCUT2D eigenvalue weighted by atomic mass is 31.0. The summed E-state index contributed by atoms with van der Waals surface area (Å²) in [5.74, 6) is 0.621. The van der Waals surface area contributed by atoms with Gasteiger partial charge in [-0.2, -0.15) is 5.10 Å². The van der Waals surface area contributed by atoms with E-state index in [0.29, 0.717) is 39.5 Å².